The highest BCUT2D eigenvalue weighted by Gasteiger charge is 2.35. The van der Waals surface area contributed by atoms with Crippen molar-refractivity contribution in [2.45, 2.75) is 25.7 Å². The van der Waals surface area contributed by atoms with Crippen LogP contribution in [-0.4, -0.2) is 33.5 Å². The van der Waals surface area contributed by atoms with Gasteiger partial charge in [-0.3, -0.25) is 19.7 Å². The lowest BCUT2D eigenvalue weighted by atomic mass is 10.1. The number of amides is 2. The third-order valence-corrected chi connectivity index (χ3v) is 6.40. The first-order valence-corrected chi connectivity index (χ1v) is 11.1. The molecule has 1 N–H and O–H groups in total. The molecular formula is C26H21N3O4. The highest BCUT2D eigenvalue weighted by atomic mass is 16.5. The van der Waals surface area contributed by atoms with E-state index < -0.39 is 11.8 Å². The van der Waals surface area contributed by atoms with Gasteiger partial charge in [0.05, 0.1) is 17.6 Å². The van der Waals surface area contributed by atoms with Crippen molar-refractivity contribution in [1.29, 1.82) is 0 Å². The third-order valence-electron chi connectivity index (χ3n) is 6.40. The minimum absolute atomic E-state index is 0.238. The van der Waals surface area contributed by atoms with Crippen LogP contribution >= 0.6 is 0 Å². The summed E-state index contributed by atoms with van der Waals surface area (Å²) in [4.78, 5) is 38.5. The first-order chi connectivity index (χ1) is 16.1. The molecule has 2 aromatic carbocycles. The molecule has 164 valence electrons. The molecule has 4 heterocycles. The van der Waals surface area contributed by atoms with Crippen LogP contribution < -0.4 is 5.32 Å². The molecule has 33 heavy (non-hydrogen) atoms. The molecule has 0 aliphatic carbocycles. The summed E-state index contributed by atoms with van der Waals surface area (Å²) < 4.78 is 9.06. The molecule has 7 heteroatoms. The number of aryl methyl sites for hydroxylation is 2. The Morgan fingerprint density at radius 2 is 1.24 bits per heavy atom. The summed E-state index contributed by atoms with van der Waals surface area (Å²) in [6, 6.07) is 15.5. The number of fused-ring (bicyclic) bond motifs is 12. The maximum absolute atomic E-state index is 13.1. The van der Waals surface area contributed by atoms with Gasteiger partial charge >= 0.3 is 5.97 Å². The number of rotatable bonds is 0. The van der Waals surface area contributed by atoms with E-state index in [9.17, 15) is 14.4 Å². The molecule has 0 spiro atoms. The fourth-order valence-electron chi connectivity index (χ4n) is 4.91. The van der Waals surface area contributed by atoms with Crippen LogP contribution in [0.15, 0.2) is 60.9 Å². The Kier molecular flexibility index (Phi) is 4.43. The van der Waals surface area contributed by atoms with Gasteiger partial charge < -0.3 is 13.9 Å². The van der Waals surface area contributed by atoms with Crippen LogP contribution in [0.5, 0.6) is 0 Å². The van der Waals surface area contributed by atoms with E-state index in [2.05, 4.69) is 5.32 Å². The Bertz CT molecular complexity index is 1500. The predicted molar refractivity (Wildman–Crippen MR) is 124 cm³/mol. The van der Waals surface area contributed by atoms with E-state index in [0.29, 0.717) is 31.6 Å². The fraction of sp³-hybridized carbons (Fsp3) is 0.192. The summed E-state index contributed by atoms with van der Waals surface area (Å²) in [5.74, 6) is -1.10. The first kappa shape index (κ1) is 19.5. The van der Waals surface area contributed by atoms with Gasteiger partial charge in [-0.2, -0.15) is 0 Å². The van der Waals surface area contributed by atoms with Crippen LogP contribution in [0, 0.1) is 0 Å². The lowest BCUT2D eigenvalue weighted by Gasteiger charge is -2.09. The van der Waals surface area contributed by atoms with Crippen molar-refractivity contribution in [3.05, 3.63) is 72.1 Å². The van der Waals surface area contributed by atoms with Crippen molar-refractivity contribution in [3.8, 4) is 0 Å². The summed E-state index contributed by atoms with van der Waals surface area (Å²) in [5.41, 5.74) is 4.21. The number of imide groups is 1. The van der Waals surface area contributed by atoms with E-state index >= 15 is 0 Å². The molecule has 4 aromatic rings. The topological polar surface area (TPSA) is 82.3 Å². The van der Waals surface area contributed by atoms with Crippen molar-refractivity contribution in [2.24, 2.45) is 0 Å². The first-order valence-electron chi connectivity index (χ1n) is 11.1. The number of nitrogens with one attached hydrogen (secondary N) is 1. The fourth-order valence-corrected chi connectivity index (χ4v) is 4.91. The summed E-state index contributed by atoms with van der Waals surface area (Å²) >= 11 is 0. The second-order valence-electron chi connectivity index (χ2n) is 8.39. The molecule has 2 aliphatic heterocycles. The van der Waals surface area contributed by atoms with Crippen molar-refractivity contribution >= 4 is 51.0 Å². The third kappa shape index (κ3) is 3.08. The van der Waals surface area contributed by atoms with Crippen molar-refractivity contribution < 1.29 is 19.1 Å². The molecular weight excluding hydrogens is 418 g/mol. The maximum atomic E-state index is 13.1. The number of carbonyl (C=O) groups is 3. The molecule has 0 atom stereocenters. The van der Waals surface area contributed by atoms with Gasteiger partial charge in [-0.25, -0.2) is 0 Å². The number of aromatic nitrogens is 2. The normalized spacial score (nSPS) is 17.0. The molecule has 0 radical (unpaired) electrons. The van der Waals surface area contributed by atoms with Crippen LogP contribution in [0.2, 0.25) is 0 Å². The Morgan fingerprint density at radius 1 is 0.697 bits per heavy atom. The Labute approximate surface area is 189 Å². The van der Waals surface area contributed by atoms with Gasteiger partial charge in [0.1, 0.15) is 11.4 Å². The lowest BCUT2D eigenvalue weighted by molar-refractivity contribution is -0.143. The molecule has 4 bridgehead atoms. The van der Waals surface area contributed by atoms with Gasteiger partial charge in [0.15, 0.2) is 0 Å². The Balaban J connectivity index is 1.68. The van der Waals surface area contributed by atoms with E-state index in [-0.39, 0.29) is 18.1 Å². The highest BCUT2D eigenvalue weighted by Crippen LogP contribution is 2.34. The minimum Gasteiger partial charge on any atom is -0.466 e. The van der Waals surface area contributed by atoms with Gasteiger partial charge in [-0.15, -0.1) is 0 Å². The van der Waals surface area contributed by atoms with Gasteiger partial charge in [-0.05, 0) is 42.5 Å². The van der Waals surface area contributed by atoms with Gasteiger partial charge in [0, 0.05) is 29.6 Å². The van der Waals surface area contributed by atoms with Crippen LogP contribution in [-0.2, 0) is 32.0 Å². The summed E-state index contributed by atoms with van der Waals surface area (Å²) in [5, 5.41) is 4.43. The second kappa shape index (κ2) is 7.48. The smallest absolute Gasteiger partial charge is 0.306 e. The van der Waals surface area contributed by atoms with Crippen LogP contribution in [0.25, 0.3) is 33.2 Å². The van der Waals surface area contributed by atoms with E-state index in [0.717, 1.165) is 32.9 Å². The van der Waals surface area contributed by atoms with Gasteiger partial charge in [-0.1, -0.05) is 36.4 Å². The number of ether oxygens (including phenoxy) is 1. The number of cyclic esters (lactones) is 1. The van der Waals surface area contributed by atoms with Crippen LogP contribution in [0.4, 0.5) is 0 Å². The van der Waals surface area contributed by atoms with E-state index in [1.807, 2.05) is 65.5 Å². The molecule has 2 aliphatic rings. The summed E-state index contributed by atoms with van der Waals surface area (Å²) in [7, 11) is 0. The Morgan fingerprint density at radius 3 is 1.85 bits per heavy atom. The molecule has 0 saturated carbocycles. The molecule has 0 unspecified atom stereocenters. The number of para-hydroxylation sites is 2. The molecule has 0 saturated heterocycles. The van der Waals surface area contributed by atoms with Gasteiger partial charge in [0.25, 0.3) is 11.8 Å². The number of hydrogen-bond acceptors (Lipinski definition) is 4. The quantitative estimate of drug-likeness (QED) is 0.336. The molecule has 2 aromatic heterocycles. The summed E-state index contributed by atoms with van der Waals surface area (Å²) in [6.07, 6.45) is 5.89. The molecule has 0 fully saturated rings. The van der Waals surface area contributed by atoms with Crippen molar-refractivity contribution in [3.63, 3.8) is 0 Å². The van der Waals surface area contributed by atoms with E-state index in [4.69, 9.17) is 4.74 Å². The number of nitrogens with zero attached hydrogens (tertiary/aromatic N) is 2. The zero-order valence-corrected chi connectivity index (χ0v) is 17.8. The van der Waals surface area contributed by atoms with Crippen LogP contribution in [0.3, 0.4) is 0 Å². The lowest BCUT2D eigenvalue weighted by Crippen LogP contribution is -2.24. The molecule has 7 nitrogen and oxygen atoms in total. The maximum Gasteiger partial charge on any atom is 0.306 e. The van der Waals surface area contributed by atoms with E-state index in [1.54, 1.807) is 4.57 Å². The van der Waals surface area contributed by atoms with Crippen molar-refractivity contribution in [2.75, 3.05) is 6.61 Å². The largest absolute Gasteiger partial charge is 0.466 e. The van der Waals surface area contributed by atoms with Crippen LogP contribution in [0.1, 0.15) is 24.0 Å². The minimum atomic E-state index is -0.439. The molecule has 6 rings (SSSR count). The SMILES string of the molecule is O=C1CCc2cn(c3ccccc23)C2=C(C(=O)NC2=O)n2cc(c3ccccc32)CCCO1. The zero-order chi connectivity index (χ0) is 22.5. The number of esters is 1. The average Bonchev–Trinajstić information content (AvgIpc) is 3.45. The standard InChI is InChI=1S/C26H21N3O4/c30-22-12-11-17-15-29(21-10-4-2-8-19(17)21)24-23(25(31)27-26(24)32)28-14-16(6-5-13-33-22)18-7-1-3-9-20(18)28/h1-4,7-10,14-15H,5-6,11-13H2,(H,27,31,32). The monoisotopic (exact) mass is 439 g/mol. The van der Waals surface area contributed by atoms with Gasteiger partial charge in [0.2, 0.25) is 0 Å². The zero-order valence-electron chi connectivity index (χ0n) is 17.8. The number of carbonyl (C=O) groups excluding carboxylic acids is 3. The predicted octanol–water partition coefficient (Wildman–Crippen LogP) is 3.50. The average molecular weight is 439 g/mol. The Hall–Kier alpha value is -4.13. The number of benzene rings is 2. The summed E-state index contributed by atoms with van der Waals surface area (Å²) in [6.45, 7) is 0.340. The second-order valence-corrected chi connectivity index (χ2v) is 8.39. The van der Waals surface area contributed by atoms with E-state index in [1.165, 1.54) is 0 Å². The number of hydrogen-bond donors (Lipinski definition) is 1. The highest BCUT2D eigenvalue weighted by molar-refractivity contribution is 6.44. The molecule has 2 amide bonds. The van der Waals surface area contributed by atoms with Crippen molar-refractivity contribution in [1.82, 2.24) is 14.5 Å².